The van der Waals surface area contributed by atoms with Crippen molar-refractivity contribution < 1.29 is 9.53 Å². The summed E-state index contributed by atoms with van der Waals surface area (Å²) in [6, 6.07) is 7.59. The molecule has 1 aromatic carbocycles. The molecule has 0 unspecified atom stereocenters. The lowest BCUT2D eigenvalue weighted by atomic mass is 10.2. The van der Waals surface area contributed by atoms with E-state index in [1.807, 2.05) is 30.5 Å². The van der Waals surface area contributed by atoms with Crippen molar-refractivity contribution in [3.8, 4) is 5.75 Å². The van der Waals surface area contributed by atoms with Crippen LogP contribution in [0.4, 0.5) is 0 Å². The zero-order valence-electron chi connectivity index (χ0n) is 9.86. The van der Waals surface area contributed by atoms with Crippen LogP contribution in [0, 0.1) is 0 Å². The lowest BCUT2D eigenvalue weighted by molar-refractivity contribution is -0.134. The van der Waals surface area contributed by atoms with Gasteiger partial charge in [0.25, 0.3) is 0 Å². The zero-order valence-corrected chi connectivity index (χ0v) is 10.7. The largest absolute Gasteiger partial charge is 0.427 e. The predicted octanol–water partition coefficient (Wildman–Crippen LogP) is 3.89. The van der Waals surface area contributed by atoms with Gasteiger partial charge in [0.1, 0.15) is 5.75 Å². The molecule has 0 aliphatic heterocycles. The molecule has 0 aromatic heterocycles. The number of unbranched alkanes of at least 4 members (excludes halogenated alkanes) is 2. The second-order valence-electron chi connectivity index (χ2n) is 3.61. The van der Waals surface area contributed by atoms with Crippen LogP contribution in [0.5, 0.6) is 5.75 Å². The van der Waals surface area contributed by atoms with Crippen molar-refractivity contribution in [1.82, 2.24) is 0 Å². The van der Waals surface area contributed by atoms with E-state index in [1.54, 1.807) is 11.8 Å². The normalized spacial score (nSPS) is 10.1. The van der Waals surface area contributed by atoms with Crippen molar-refractivity contribution in [2.24, 2.45) is 0 Å². The fraction of sp³-hybridized carbons (Fsp3) is 0.462. The SMILES string of the molecule is CCCCCC(=O)Oc1ccc(SC)cc1. The Morgan fingerprint density at radius 1 is 1.25 bits per heavy atom. The van der Waals surface area contributed by atoms with Gasteiger partial charge in [-0.1, -0.05) is 19.8 Å². The number of thioether (sulfide) groups is 1. The van der Waals surface area contributed by atoms with Crippen LogP contribution in [0.3, 0.4) is 0 Å². The van der Waals surface area contributed by atoms with Gasteiger partial charge in [-0.2, -0.15) is 0 Å². The molecule has 16 heavy (non-hydrogen) atoms. The molecule has 0 N–H and O–H groups in total. The molecule has 0 aliphatic rings. The Balaban J connectivity index is 2.37. The van der Waals surface area contributed by atoms with Gasteiger partial charge in [-0.05, 0) is 36.9 Å². The number of benzene rings is 1. The van der Waals surface area contributed by atoms with Gasteiger partial charge >= 0.3 is 5.97 Å². The lowest BCUT2D eigenvalue weighted by Gasteiger charge is -2.04. The van der Waals surface area contributed by atoms with Crippen LogP contribution in [0.15, 0.2) is 29.2 Å². The number of esters is 1. The van der Waals surface area contributed by atoms with E-state index in [9.17, 15) is 4.79 Å². The van der Waals surface area contributed by atoms with Crippen LogP contribution < -0.4 is 4.74 Å². The molecule has 1 aromatic rings. The Bertz CT molecular complexity index is 319. The van der Waals surface area contributed by atoms with Gasteiger partial charge in [0, 0.05) is 11.3 Å². The van der Waals surface area contributed by atoms with Crippen molar-refractivity contribution in [3.05, 3.63) is 24.3 Å². The number of carbonyl (C=O) groups is 1. The monoisotopic (exact) mass is 238 g/mol. The smallest absolute Gasteiger partial charge is 0.311 e. The molecule has 0 amide bonds. The third kappa shape index (κ3) is 4.71. The molecule has 3 heteroatoms. The van der Waals surface area contributed by atoms with E-state index in [2.05, 4.69) is 6.92 Å². The molecular formula is C13H18O2S. The van der Waals surface area contributed by atoms with Crippen LogP contribution in [-0.4, -0.2) is 12.2 Å². The zero-order chi connectivity index (χ0) is 11.8. The van der Waals surface area contributed by atoms with Crippen molar-refractivity contribution in [1.29, 1.82) is 0 Å². The van der Waals surface area contributed by atoms with Gasteiger partial charge in [-0.25, -0.2) is 0 Å². The number of carbonyl (C=O) groups excluding carboxylic acids is 1. The Hall–Kier alpha value is -0.960. The topological polar surface area (TPSA) is 26.3 Å². The van der Waals surface area contributed by atoms with Gasteiger partial charge in [-0.15, -0.1) is 11.8 Å². The molecule has 0 spiro atoms. The van der Waals surface area contributed by atoms with E-state index in [1.165, 1.54) is 4.90 Å². The molecule has 0 saturated heterocycles. The second-order valence-corrected chi connectivity index (χ2v) is 4.49. The number of ether oxygens (including phenoxy) is 1. The highest BCUT2D eigenvalue weighted by molar-refractivity contribution is 7.98. The Labute approximate surface area is 101 Å². The summed E-state index contributed by atoms with van der Waals surface area (Å²) in [6.07, 6.45) is 5.65. The van der Waals surface area contributed by atoms with Crippen LogP contribution in [0.2, 0.25) is 0 Å². The maximum absolute atomic E-state index is 11.4. The highest BCUT2D eigenvalue weighted by Crippen LogP contribution is 2.19. The molecule has 2 nitrogen and oxygen atoms in total. The summed E-state index contributed by atoms with van der Waals surface area (Å²) in [4.78, 5) is 12.6. The average molecular weight is 238 g/mol. The standard InChI is InChI=1S/C13H18O2S/c1-3-4-5-6-13(14)15-11-7-9-12(16-2)10-8-11/h7-10H,3-6H2,1-2H3. The predicted molar refractivity (Wildman–Crippen MR) is 68.0 cm³/mol. The Kier molecular flexibility index (Phi) is 6.01. The van der Waals surface area contributed by atoms with Crippen LogP contribution in [0.25, 0.3) is 0 Å². The Morgan fingerprint density at radius 2 is 1.94 bits per heavy atom. The summed E-state index contributed by atoms with van der Waals surface area (Å²) in [7, 11) is 0. The van der Waals surface area contributed by atoms with E-state index in [0.717, 1.165) is 19.3 Å². The van der Waals surface area contributed by atoms with E-state index in [0.29, 0.717) is 12.2 Å². The molecule has 0 radical (unpaired) electrons. The third-order valence-corrected chi connectivity index (χ3v) is 3.02. The second kappa shape index (κ2) is 7.34. The summed E-state index contributed by atoms with van der Waals surface area (Å²) >= 11 is 1.67. The summed E-state index contributed by atoms with van der Waals surface area (Å²) in [5.74, 6) is 0.504. The molecule has 0 aliphatic carbocycles. The highest BCUT2D eigenvalue weighted by Gasteiger charge is 2.03. The van der Waals surface area contributed by atoms with E-state index in [-0.39, 0.29) is 5.97 Å². The number of rotatable bonds is 6. The lowest BCUT2D eigenvalue weighted by Crippen LogP contribution is -2.07. The highest BCUT2D eigenvalue weighted by atomic mass is 32.2. The van der Waals surface area contributed by atoms with E-state index in [4.69, 9.17) is 4.74 Å². The minimum Gasteiger partial charge on any atom is -0.427 e. The minimum atomic E-state index is -0.134. The van der Waals surface area contributed by atoms with Crippen molar-refractivity contribution in [2.75, 3.05) is 6.26 Å². The molecule has 0 saturated carbocycles. The molecule has 1 rings (SSSR count). The first-order valence-electron chi connectivity index (χ1n) is 5.61. The summed E-state index contributed by atoms with van der Waals surface area (Å²) in [5.41, 5.74) is 0. The van der Waals surface area contributed by atoms with Crippen LogP contribution >= 0.6 is 11.8 Å². The average Bonchev–Trinajstić information content (AvgIpc) is 2.30. The molecule has 0 fully saturated rings. The quantitative estimate of drug-likeness (QED) is 0.325. The number of hydrogen-bond acceptors (Lipinski definition) is 3. The fourth-order valence-electron chi connectivity index (χ4n) is 1.35. The maximum Gasteiger partial charge on any atom is 0.311 e. The molecule has 0 atom stereocenters. The van der Waals surface area contributed by atoms with Gasteiger partial charge in [-0.3, -0.25) is 4.79 Å². The third-order valence-electron chi connectivity index (χ3n) is 2.28. The Morgan fingerprint density at radius 3 is 2.50 bits per heavy atom. The fourth-order valence-corrected chi connectivity index (χ4v) is 1.75. The van der Waals surface area contributed by atoms with Gasteiger partial charge in [0.05, 0.1) is 0 Å². The van der Waals surface area contributed by atoms with Gasteiger partial charge < -0.3 is 4.74 Å². The van der Waals surface area contributed by atoms with Crippen LogP contribution in [0.1, 0.15) is 32.6 Å². The van der Waals surface area contributed by atoms with Crippen LogP contribution in [-0.2, 0) is 4.79 Å². The molecular weight excluding hydrogens is 220 g/mol. The van der Waals surface area contributed by atoms with Gasteiger partial charge in [0.15, 0.2) is 0 Å². The maximum atomic E-state index is 11.4. The minimum absolute atomic E-state index is 0.134. The van der Waals surface area contributed by atoms with Crippen molar-refractivity contribution >= 4 is 17.7 Å². The molecule has 0 heterocycles. The summed E-state index contributed by atoms with van der Waals surface area (Å²) in [5, 5.41) is 0. The number of hydrogen-bond donors (Lipinski definition) is 0. The van der Waals surface area contributed by atoms with Crippen molar-refractivity contribution in [3.63, 3.8) is 0 Å². The summed E-state index contributed by atoms with van der Waals surface area (Å²) in [6.45, 7) is 2.12. The first-order valence-corrected chi connectivity index (χ1v) is 6.83. The first-order chi connectivity index (χ1) is 7.76. The van der Waals surface area contributed by atoms with Gasteiger partial charge in [0.2, 0.25) is 0 Å². The first kappa shape index (κ1) is 13.1. The van der Waals surface area contributed by atoms with E-state index < -0.39 is 0 Å². The van der Waals surface area contributed by atoms with E-state index >= 15 is 0 Å². The summed E-state index contributed by atoms with van der Waals surface area (Å²) < 4.78 is 5.21. The molecule has 88 valence electrons. The van der Waals surface area contributed by atoms with Crippen molar-refractivity contribution in [2.45, 2.75) is 37.5 Å². The molecule has 0 bridgehead atoms.